The molecule has 0 saturated carbocycles. The summed E-state index contributed by atoms with van der Waals surface area (Å²) >= 11 is 5.88. The van der Waals surface area contributed by atoms with Crippen molar-refractivity contribution in [2.45, 2.75) is 39.2 Å². The van der Waals surface area contributed by atoms with E-state index in [1.54, 1.807) is 0 Å². The van der Waals surface area contributed by atoms with E-state index in [9.17, 15) is 0 Å². The lowest BCUT2D eigenvalue weighted by Crippen LogP contribution is -2.29. The minimum Gasteiger partial charge on any atom is -0.315 e. The standard InChI is InChI=1S/C16H27ClN2/c1-3-4-5-6-11-18-12-13-19(2)14-15-7-9-16(17)10-8-15/h7-10,18H,3-6,11-14H2,1-2H3. The van der Waals surface area contributed by atoms with Crippen molar-refractivity contribution in [1.29, 1.82) is 0 Å². The van der Waals surface area contributed by atoms with E-state index in [0.29, 0.717) is 0 Å². The number of hydrogen-bond donors (Lipinski definition) is 1. The molecule has 0 bridgehead atoms. The average molecular weight is 283 g/mol. The van der Waals surface area contributed by atoms with Crippen molar-refractivity contribution in [3.63, 3.8) is 0 Å². The summed E-state index contributed by atoms with van der Waals surface area (Å²) < 4.78 is 0. The summed E-state index contributed by atoms with van der Waals surface area (Å²) in [6.45, 7) is 6.52. The van der Waals surface area contributed by atoms with Gasteiger partial charge in [0.25, 0.3) is 0 Å². The normalized spacial score (nSPS) is 11.2. The first-order chi connectivity index (χ1) is 9.22. The van der Waals surface area contributed by atoms with Crippen LogP contribution in [0.2, 0.25) is 5.02 Å². The van der Waals surface area contributed by atoms with Crippen molar-refractivity contribution in [2.75, 3.05) is 26.7 Å². The minimum atomic E-state index is 0.806. The zero-order valence-corrected chi connectivity index (χ0v) is 13.0. The molecule has 0 atom stereocenters. The summed E-state index contributed by atoms with van der Waals surface area (Å²) in [7, 11) is 2.16. The van der Waals surface area contributed by atoms with Crippen LogP contribution < -0.4 is 5.32 Å². The van der Waals surface area contributed by atoms with Crippen LogP contribution in [0.1, 0.15) is 38.2 Å². The van der Waals surface area contributed by atoms with Crippen molar-refractivity contribution in [2.24, 2.45) is 0 Å². The average Bonchev–Trinajstić information content (AvgIpc) is 2.40. The summed E-state index contributed by atoms with van der Waals surface area (Å²) in [5, 5.41) is 4.31. The highest BCUT2D eigenvalue weighted by molar-refractivity contribution is 6.30. The molecule has 0 spiro atoms. The van der Waals surface area contributed by atoms with E-state index >= 15 is 0 Å². The van der Waals surface area contributed by atoms with Crippen LogP contribution in [0.3, 0.4) is 0 Å². The SMILES string of the molecule is CCCCCCNCCN(C)Cc1ccc(Cl)cc1. The predicted molar refractivity (Wildman–Crippen MR) is 84.8 cm³/mol. The van der Waals surface area contributed by atoms with Gasteiger partial charge in [0.15, 0.2) is 0 Å². The third kappa shape index (κ3) is 8.25. The monoisotopic (exact) mass is 282 g/mol. The number of likely N-dealkylation sites (N-methyl/N-ethyl adjacent to an activating group) is 1. The number of unbranched alkanes of at least 4 members (excludes halogenated alkanes) is 3. The number of halogens is 1. The van der Waals surface area contributed by atoms with Gasteiger partial charge in [-0.25, -0.2) is 0 Å². The molecule has 0 aliphatic carbocycles. The van der Waals surface area contributed by atoms with Gasteiger partial charge in [0.1, 0.15) is 0 Å². The van der Waals surface area contributed by atoms with Crippen LogP contribution in [0.25, 0.3) is 0 Å². The second-order valence-electron chi connectivity index (χ2n) is 5.17. The summed E-state index contributed by atoms with van der Waals surface area (Å²) in [4.78, 5) is 2.34. The highest BCUT2D eigenvalue weighted by Gasteiger charge is 2.00. The number of nitrogens with one attached hydrogen (secondary N) is 1. The van der Waals surface area contributed by atoms with E-state index in [1.807, 2.05) is 12.1 Å². The van der Waals surface area contributed by atoms with Crippen LogP contribution in [0.5, 0.6) is 0 Å². The Morgan fingerprint density at radius 1 is 1.05 bits per heavy atom. The van der Waals surface area contributed by atoms with Gasteiger partial charge >= 0.3 is 0 Å². The molecular weight excluding hydrogens is 256 g/mol. The summed E-state index contributed by atoms with van der Waals surface area (Å²) in [6.07, 6.45) is 5.32. The molecule has 19 heavy (non-hydrogen) atoms. The molecule has 0 saturated heterocycles. The van der Waals surface area contributed by atoms with Gasteiger partial charge in [-0.15, -0.1) is 0 Å². The van der Waals surface area contributed by atoms with Gasteiger partial charge < -0.3 is 10.2 Å². The highest BCUT2D eigenvalue weighted by Crippen LogP contribution is 2.10. The zero-order valence-electron chi connectivity index (χ0n) is 12.3. The van der Waals surface area contributed by atoms with Crippen molar-refractivity contribution >= 4 is 11.6 Å². The number of nitrogens with zero attached hydrogens (tertiary/aromatic N) is 1. The molecule has 0 heterocycles. The second kappa shape index (κ2) is 10.2. The molecule has 0 fully saturated rings. The summed E-state index contributed by atoms with van der Waals surface area (Å²) in [5.41, 5.74) is 1.31. The Hall–Kier alpha value is -0.570. The quantitative estimate of drug-likeness (QED) is 0.654. The van der Waals surface area contributed by atoms with E-state index in [2.05, 4.69) is 36.3 Å². The molecule has 0 aliphatic heterocycles. The Morgan fingerprint density at radius 3 is 2.47 bits per heavy atom. The van der Waals surface area contributed by atoms with E-state index in [0.717, 1.165) is 31.2 Å². The van der Waals surface area contributed by atoms with Crippen LogP contribution in [-0.4, -0.2) is 31.6 Å². The van der Waals surface area contributed by atoms with Gasteiger partial charge in [-0.3, -0.25) is 0 Å². The molecule has 1 aromatic carbocycles. The predicted octanol–water partition coefficient (Wildman–Crippen LogP) is 3.94. The molecule has 0 amide bonds. The molecule has 0 unspecified atom stereocenters. The second-order valence-corrected chi connectivity index (χ2v) is 5.61. The maximum absolute atomic E-state index is 5.88. The van der Waals surface area contributed by atoms with Crippen molar-refractivity contribution in [3.8, 4) is 0 Å². The molecule has 0 aromatic heterocycles. The molecular formula is C16H27ClN2. The van der Waals surface area contributed by atoms with E-state index in [4.69, 9.17) is 11.6 Å². The molecule has 0 aliphatic rings. The number of benzene rings is 1. The van der Waals surface area contributed by atoms with Crippen LogP contribution >= 0.6 is 11.6 Å². The van der Waals surface area contributed by atoms with Crippen LogP contribution in [0, 0.1) is 0 Å². The first-order valence-corrected chi connectivity index (χ1v) is 7.74. The molecule has 3 heteroatoms. The van der Waals surface area contributed by atoms with Crippen molar-refractivity contribution in [1.82, 2.24) is 10.2 Å². The zero-order chi connectivity index (χ0) is 13.9. The van der Waals surface area contributed by atoms with Gasteiger partial charge in [0.2, 0.25) is 0 Å². The smallest absolute Gasteiger partial charge is 0.0406 e. The maximum atomic E-state index is 5.88. The lowest BCUT2D eigenvalue weighted by Gasteiger charge is -2.17. The van der Waals surface area contributed by atoms with Gasteiger partial charge in [0, 0.05) is 24.7 Å². The maximum Gasteiger partial charge on any atom is 0.0406 e. The molecule has 108 valence electrons. The third-order valence-corrected chi connectivity index (χ3v) is 3.50. The third-order valence-electron chi connectivity index (χ3n) is 3.24. The van der Waals surface area contributed by atoms with Gasteiger partial charge in [-0.05, 0) is 37.7 Å². The molecule has 2 nitrogen and oxygen atoms in total. The van der Waals surface area contributed by atoms with Gasteiger partial charge in [-0.2, -0.15) is 0 Å². The Kier molecular flexibility index (Phi) is 8.89. The Bertz CT molecular complexity index is 324. The molecule has 1 N–H and O–H groups in total. The summed E-state index contributed by atoms with van der Waals surface area (Å²) in [6, 6.07) is 8.10. The molecule has 1 rings (SSSR count). The fourth-order valence-corrected chi connectivity index (χ4v) is 2.18. The Morgan fingerprint density at radius 2 is 1.79 bits per heavy atom. The first-order valence-electron chi connectivity index (χ1n) is 7.36. The van der Waals surface area contributed by atoms with Crippen molar-refractivity contribution < 1.29 is 0 Å². The van der Waals surface area contributed by atoms with Crippen LogP contribution in [0.15, 0.2) is 24.3 Å². The van der Waals surface area contributed by atoms with E-state index in [1.165, 1.54) is 31.2 Å². The first kappa shape index (κ1) is 16.5. The highest BCUT2D eigenvalue weighted by atomic mass is 35.5. The van der Waals surface area contributed by atoms with E-state index in [-0.39, 0.29) is 0 Å². The fraction of sp³-hybridized carbons (Fsp3) is 0.625. The summed E-state index contributed by atoms with van der Waals surface area (Å²) in [5.74, 6) is 0. The lowest BCUT2D eigenvalue weighted by atomic mass is 10.2. The van der Waals surface area contributed by atoms with Crippen molar-refractivity contribution in [3.05, 3.63) is 34.9 Å². The van der Waals surface area contributed by atoms with Gasteiger partial charge in [-0.1, -0.05) is 49.9 Å². The topological polar surface area (TPSA) is 15.3 Å². The largest absolute Gasteiger partial charge is 0.315 e. The Labute approximate surface area is 123 Å². The molecule has 1 aromatic rings. The molecule has 0 radical (unpaired) electrons. The van der Waals surface area contributed by atoms with Crippen LogP contribution in [0.4, 0.5) is 0 Å². The van der Waals surface area contributed by atoms with Crippen LogP contribution in [-0.2, 0) is 6.54 Å². The minimum absolute atomic E-state index is 0.806. The van der Waals surface area contributed by atoms with Gasteiger partial charge in [0.05, 0.1) is 0 Å². The Balaban J connectivity index is 2.04. The number of rotatable bonds is 10. The fourth-order valence-electron chi connectivity index (χ4n) is 2.05. The number of hydrogen-bond acceptors (Lipinski definition) is 2. The lowest BCUT2D eigenvalue weighted by molar-refractivity contribution is 0.324. The van der Waals surface area contributed by atoms with E-state index < -0.39 is 0 Å².